The van der Waals surface area contributed by atoms with Crippen LogP contribution in [0.2, 0.25) is 5.02 Å². The highest BCUT2D eigenvalue weighted by Crippen LogP contribution is 2.37. The van der Waals surface area contributed by atoms with Crippen LogP contribution >= 0.6 is 11.6 Å². The number of ether oxygens (including phenoxy) is 2. The highest BCUT2D eigenvalue weighted by atomic mass is 35.5. The fraction of sp³-hybridized carbons (Fsp3) is 0.429. The fourth-order valence-corrected chi connectivity index (χ4v) is 3.29. The molecule has 0 radical (unpaired) electrons. The molecule has 1 fully saturated rings. The maximum absolute atomic E-state index is 12.7. The predicted molar refractivity (Wildman–Crippen MR) is 116 cm³/mol. The molecule has 1 N–H and O–H groups in total. The second-order valence-electron chi connectivity index (χ2n) is 8.03. The molecule has 1 saturated heterocycles. The first kappa shape index (κ1) is 22.7. The summed E-state index contributed by atoms with van der Waals surface area (Å²) < 4.78 is 22.5. The minimum absolute atomic E-state index is 0.238. The quantitative estimate of drug-likeness (QED) is 0.555. The molecule has 0 aliphatic carbocycles. The summed E-state index contributed by atoms with van der Waals surface area (Å²) in [5.74, 6) is -0.388. The first-order chi connectivity index (χ1) is 14.1. The largest absolute Gasteiger partial charge is 0.496 e. The molecular weight excluding hydrogens is 407 g/mol. The van der Waals surface area contributed by atoms with E-state index in [1.807, 2.05) is 33.8 Å². The van der Waals surface area contributed by atoms with E-state index in [0.717, 1.165) is 0 Å². The monoisotopic (exact) mass is 432 g/mol. The molecule has 0 spiro atoms. The predicted octanol–water partition coefficient (Wildman–Crippen LogP) is 3.58. The summed E-state index contributed by atoms with van der Waals surface area (Å²) >= 11 is 6.58. The number of nitrogens with zero attached hydrogens (tertiary/aromatic N) is 1. The van der Waals surface area contributed by atoms with Gasteiger partial charge in [-0.15, -0.1) is 0 Å². The molecule has 160 valence electrons. The van der Waals surface area contributed by atoms with E-state index < -0.39 is 24.6 Å². The smallest absolute Gasteiger partial charge is 0.399 e. The maximum Gasteiger partial charge on any atom is 0.496 e. The topological polar surface area (TPSA) is 78.9 Å². The van der Waals surface area contributed by atoms with Gasteiger partial charge in [-0.1, -0.05) is 29.8 Å². The number of amides is 1. The van der Waals surface area contributed by atoms with Gasteiger partial charge in [-0.3, -0.25) is 9.78 Å². The molecule has 1 aliphatic rings. The Morgan fingerprint density at radius 3 is 2.27 bits per heavy atom. The van der Waals surface area contributed by atoms with E-state index in [2.05, 4.69) is 10.3 Å². The van der Waals surface area contributed by atoms with Crippen molar-refractivity contribution < 1.29 is 23.6 Å². The molecule has 9 heteroatoms. The lowest BCUT2D eigenvalue weighted by Crippen LogP contribution is -2.41. The number of nitrogens with one attached hydrogen (secondary N) is 1. The molecule has 2 heterocycles. The van der Waals surface area contributed by atoms with Crippen LogP contribution in [0.25, 0.3) is 0 Å². The van der Waals surface area contributed by atoms with Gasteiger partial charge in [-0.05, 0) is 39.8 Å². The number of aromatic nitrogens is 1. The lowest BCUT2D eigenvalue weighted by atomic mass is 9.79. The van der Waals surface area contributed by atoms with Gasteiger partial charge >= 0.3 is 7.12 Å². The lowest BCUT2D eigenvalue weighted by Gasteiger charge is -2.32. The Morgan fingerprint density at radius 2 is 1.73 bits per heavy atom. The van der Waals surface area contributed by atoms with E-state index in [9.17, 15) is 4.79 Å². The maximum atomic E-state index is 12.7. The number of halogens is 1. The average Bonchev–Trinajstić information content (AvgIpc) is 2.92. The molecule has 3 rings (SSSR count). The van der Waals surface area contributed by atoms with Crippen LogP contribution in [-0.4, -0.2) is 43.4 Å². The van der Waals surface area contributed by atoms with Crippen LogP contribution in [0, 0.1) is 0 Å². The van der Waals surface area contributed by atoms with Gasteiger partial charge in [0.1, 0.15) is 5.69 Å². The Bertz CT molecular complexity index is 900. The van der Waals surface area contributed by atoms with E-state index in [1.54, 1.807) is 24.3 Å². The minimum atomic E-state index is -0.628. The Morgan fingerprint density at radius 1 is 1.10 bits per heavy atom. The van der Waals surface area contributed by atoms with Gasteiger partial charge in [0.2, 0.25) is 0 Å². The molecule has 1 aromatic carbocycles. The highest BCUT2D eigenvalue weighted by molar-refractivity contribution is 6.66. The number of pyridine rings is 1. The van der Waals surface area contributed by atoms with Crippen molar-refractivity contribution in [1.29, 1.82) is 0 Å². The summed E-state index contributed by atoms with van der Waals surface area (Å²) in [6, 6.07) is 8.65. The summed E-state index contributed by atoms with van der Waals surface area (Å²) in [5.41, 5.74) is 1.06. The van der Waals surface area contributed by atoms with Crippen LogP contribution in [0.15, 0.2) is 36.5 Å². The molecule has 0 atom stereocenters. The van der Waals surface area contributed by atoms with Crippen LogP contribution in [0.3, 0.4) is 0 Å². The number of carbonyl (C=O) groups is 1. The van der Waals surface area contributed by atoms with E-state index in [0.29, 0.717) is 21.7 Å². The Balaban J connectivity index is 1.78. The second kappa shape index (κ2) is 8.65. The Hall–Kier alpha value is -1.97. The van der Waals surface area contributed by atoms with Gasteiger partial charge in [-0.2, -0.15) is 0 Å². The molecule has 0 unspecified atom stereocenters. The van der Waals surface area contributed by atoms with E-state index in [-0.39, 0.29) is 11.6 Å². The van der Waals surface area contributed by atoms with Gasteiger partial charge < -0.3 is 24.1 Å². The van der Waals surface area contributed by atoms with Crippen molar-refractivity contribution in [3.8, 4) is 0 Å². The van der Waals surface area contributed by atoms with Crippen molar-refractivity contribution in [1.82, 2.24) is 4.98 Å². The third-order valence-corrected chi connectivity index (χ3v) is 5.93. The zero-order valence-electron chi connectivity index (χ0n) is 18.0. The third kappa shape index (κ3) is 4.38. The van der Waals surface area contributed by atoms with Gasteiger partial charge in [0.25, 0.3) is 5.91 Å². The van der Waals surface area contributed by atoms with Crippen molar-refractivity contribution in [2.24, 2.45) is 0 Å². The molecule has 7 nitrogen and oxygen atoms in total. The highest BCUT2D eigenvalue weighted by Gasteiger charge is 2.52. The number of methoxy groups -OCH3 is 2. The van der Waals surface area contributed by atoms with Gasteiger partial charge in [0.05, 0.1) is 21.9 Å². The van der Waals surface area contributed by atoms with Crippen molar-refractivity contribution in [2.75, 3.05) is 19.5 Å². The van der Waals surface area contributed by atoms with E-state index >= 15 is 0 Å². The van der Waals surface area contributed by atoms with Crippen molar-refractivity contribution >= 4 is 35.8 Å². The molecule has 1 aromatic heterocycles. The fourth-order valence-electron chi connectivity index (χ4n) is 3.03. The van der Waals surface area contributed by atoms with Crippen LogP contribution in [0.1, 0.15) is 50.0 Å². The third-order valence-electron chi connectivity index (χ3n) is 5.50. The van der Waals surface area contributed by atoms with Crippen LogP contribution in [0.5, 0.6) is 0 Å². The number of anilines is 1. The molecular formula is C21H26BClN2O5. The zero-order chi connectivity index (χ0) is 22.1. The van der Waals surface area contributed by atoms with Crippen molar-refractivity contribution in [3.63, 3.8) is 0 Å². The molecule has 1 aliphatic heterocycles. The van der Waals surface area contributed by atoms with Gasteiger partial charge in [-0.25, -0.2) is 0 Å². The Labute approximate surface area is 182 Å². The summed E-state index contributed by atoms with van der Waals surface area (Å²) in [6.07, 6.45) is 0.996. The molecule has 2 aromatic rings. The molecule has 30 heavy (non-hydrogen) atoms. The number of benzene rings is 1. The van der Waals surface area contributed by atoms with Gasteiger partial charge in [0.15, 0.2) is 6.29 Å². The Kier molecular flexibility index (Phi) is 6.55. The van der Waals surface area contributed by atoms with Gasteiger partial charge in [0, 0.05) is 31.4 Å². The van der Waals surface area contributed by atoms with Crippen molar-refractivity contribution in [3.05, 3.63) is 52.8 Å². The summed E-state index contributed by atoms with van der Waals surface area (Å²) in [5, 5.41) is 3.16. The normalized spacial score (nSPS) is 17.4. The first-order valence-corrected chi connectivity index (χ1v) is 9.94. The second-order valence-corrected chi connectivity index (χ2v) is 8.41. The van der Waals surface area contributed by atoms with E-state index in [1.165, 1.54) is 20.4 Å². The van der Waals surface area contributed by atoms with Crippen LogP contribution in [0.4, 0.5) is 5.69 Å². The lowest BCUT2D eigenvalue weighted by molar-refractivity contribution is -0.106. The number of carbonyl (C=O) groups excluding carboxylic acids is 1. The molecule has 1 amide bonds. The SMILES string of the molecule is COC(OC)c1ccc(C(=O)Nc2cccc(B3OC(C)(C)C(C)(C)O3)c2Cl)nc1. The molecule has 0 bridgehead atoms. The molecule has 0 saturated carbocycles. The standard InChI is InChI=1S/C21H26BClN2O5/c1-20(2)21(3,4)30-22(29-20)14-8-7-9-15(17(14)23)25-18(26)16-11-10-13(12-24-16)19(27-5)28-6/h7-12,19H,1-6H3,(H,25,26). The average molecular weight is 433 g/mol. The zero-order valence-corrected chi connectivity index (χ0v) is 18.7. The van der Waals surface area contributed by atoms with Crippen molar-refractivity contribution in [2.45, 2.75) is 45.2 Å². The first-order valence-electron chi connectivity index (χ1n) is 9.56. The summed E-state index contributed by atoms with van der Waals surface area (Å²) in [4.78, 5) is 16.9. The minimum Gasteiger partial charge on any atom is -0.399 e. The van der Waals surface area contributed by atoms with Crippen LogP contribution in [-0.2, 0) is 18.8 Å². The number of hydrogen-bond donors (Lipinski definition) is 1. The van der Waals surface area contributed by atoms with E-state index in [4.69, 9.17) is 30.4 Å². The number of rotatable bonds is 6. The number of hydrogen-bond acceptors (Lipinski definition) is 6. The summed E-state index contributed by atoms with van der Waals surface area (Å²) in [7, 11) is 2.44. The van der Waals surface area contributed by atoms with Crippen LogP contribution < -0.4 is 10.8 Å². The summed E-state index contributed by atoms with van der Waals surface area (Å²) in [6.45, 7) is 7.89.